The molecule has 0 bridgehead atoms. The molecule has 0 aliphatic heterocycles. The van der Waals surface area contributed by atoms with Crippen LogP contribution in [-0.2, 0) is 9.59 Å². The number of carbonyl (C=O) groups is 2. The lowest BCUT2D eigenvalue weighted by Crippen LogP contribution is -2.24. The molecule has 0 atom stereocenters. The van der Waals surface area contributed by atoms with Gasteiger partial charge in [-0.3, -0.25) is 9.59 Å². The predicted molar refractivity (Wildman–Crippen MR) is 107 cm³/mol. The molecule has 2 aromatic rings. The average molecular weight is 388 g/mol. The Bertz CT molecular complexity index is 820. The van der Waals surface area contributed by atoms with E-state index in [4.69, 9.17) is 16.3 Å². The van der Waals surface area contributed by atoms with Crippen molar-refractivity contribution in [3.63, 3.8) is 0 Å². The van der Waals surface area contributed by atoms with Gasteiger partial charge in [-0.2, -0.15) is 5.10 Å². The number of aryl methyl sites for hydroxylation is 1. The number of benzene rings is 2. The third-order valence-electron chi connectivity index (χ3n) is 3.48. The molecule has 2 N–H and O–H groups in total. The number of hydrogen-bond acceptors (Lipinski definition) is 4. The first-order chi connectivity index (χ1) is 13.0. The molecule has 0 heterocycles. The second-order valence-electron chi connectivity index (χ2n) is 5.91. The van der Waals surface area contributed by atoms with Crippen LogP contribution in [0.4, 0.5) is 5.69 Å². The molecule has 2 rings (SSSR count). The fraction of sp³-hybridized carbons (Fsp3) is 0.250. The van der Waals surface area contributed by atoms with E-state index in [1.807, 2.05) is 26.0 Å². The van der Waals surface area contributed by atoms with Crippen molar-refractivity contribution < 1.29 is 14.3 Å². The first kappa shape index (κ1) is 20.5. The van der Waals surface area contributed by atoms with Crippen LogP contribution in [0, 0.1) is 6.92 Å². The van der Waals surface area contributed by atoms with Crippen molar-refractivity contribution in [3.8, 4) is 5.75 Å². The Morgan fingerprint density at radius 3 is 2.59 bits per heavy atom. The van der Waals surface area contributed by atoms with Crippen LogP contribution in [0.1, 0.15) is 30.9 Å². The van der Waals surface area contributed by atoms with Gasteiger partial charge in [0.05, 0.1) is 12.8 Å². The maximum absolute atomic E-state index is 11.9. The summed E-state index contributed by atoms with van der Waals surface area (Å²) in [5.41, 5.74) is 4.69. The third kappa shape index (κ3) is 7.11. The standard InChI is InChI=1S/C20H22ClN3O3/c1-3-10-27-18-9-6-16(21)11-15(18)13-22-24-20(26)12-19(25)23-17-7-4-14(2)5-8-17/h4-9,11,13H,3,10,12H2,1-2H3,(H,23,25)(H,24,26). The number of anilines is 1. The molecule has 0 aliphatic carbocycles. The lowest BCUT2D eigenvalue weighted by atomic mass is 10.2. The molecular weight excluding hydrogens is 366 g/mol. The van der Waals surface area contributed by atoms with Crippen molar-refractivity contribution in [2.45, 2.75) is 26.7 Å². The van der Waals surface area contributed by atoms with Gasteiger partial charge in [-0.05, 0) is 43.7 Å². The van der Waals surface area contributed by atoms with Gasteiger partial charge in [0.1, 0.15) is 12.2 Å². The first-order valence-electron chi connectivity index (χ1n) is 8.58. The van der Waals surface area contributed by atoms with Crippen LogP contribution in [0.2, 0.25) is 5.02 Å². The lowest BCUT2D eigenvalue weighted by molar-refractivity contribution is -0.126. The Balaban J connectivity index is 1.88. The maximum atomic E-state index is 11.9. The van der Waals surface area contributed by atoms with Crippen molar-refractivity contribution >= 4 is 35.3 Å². The van der Waals surface area contributed by atoms with Crippen molar-refractivity contribution in [2.75, 3.05) is 11.9 Å². The number of carbonyl (C=O) groups excluding carboxylic acids is 2. The number of ether oxygens (including phenoxy) is 1. The zero-order valence-corrected chi connectivity index (χ0v) is 16.0. The van der Waals surface area contributed by atoms with E-state index in [1.165, 1.54) is 6.21 Å². The third-order valence-corrected chi connectivity index (χ3v) is 3.72. The van der Waals surface area contributed by atoms with Gasteiger partial charge in [0.2, 0.25) is 11.8 Å². The van der Waals surface area contributed by atoms with Crippen molar-refractivity contribution in [1.29, 1.82) is 0 Å². The largest absolute Gasteiger partial charge is 0.493 e. The molecule has 6 nitrogen and oxygen atoms in total. The molecule has 2 amide bonds. The summed E-state index contributed by atoms with van der Waals surface area (Å²) >= 11 is 5.99. The summed E-state index contributed by atoms with van der Waals surface area (Å²) in [5.74, 6) is -0.313. The summed E-state index contributed by atoms with van der Waals surface area (Å²) in [5, 5.41) is 7.07. The van der Waals surface area contributed by atoms with Gasteiger partial charge in [-0.1, -0.05) is 36.2 Å². The highest BCUT2D eigenvalue weighted by molar-refractivity contribution is 6.30. The van der Waals surface area contributed by atoms with E-state index < -0.39 is 11.8 Å². The molecule has 0 aliphatic rings. The van der Waals surface area contributed by atoms with E-state index in [2.05, 4.69) is 15.8 Å². The predicted octanol–water partition coefficient (Wildman–Crippen LogP) is 3.92. The molecule has 142 valence electrons. The summed E-state index contributed by atoms with van der Waals surface area (Å²) in [6.45, 7) is 4.52. The van der Waals surface area contributed by atoms with Gasteiger partial charge in [-0.25, -0.2) is 5.43 Å². The van der Waals surface area contributed by atoms with Crippen molar-refractivity contribution in [3.05, 3.63) is 58.6 Å². The number of rotatable bonds is 8. The van der Waals surface area contributed by atoms with Gasteiger partial charge in [-0.15, -0.1) is 0 Å². The second kappa shape index (κ2) is 10.3. The van der Waals surface area contributed by atoms with Crippen LogP contribution in [0.5, 0.6) is 5.75 Å². The fourth-order valence-electron chi connectivity index (χ4n) is 2.16. The van der Waals surface area contributed by atoms with E-state index in [9.17, 15) is 9.59 Å². The lowest BCUT2D eigenvalue weighted by Gasteiger charge is -2.08. The SMILES string of the molecule is CCCOc1ccc(Cl)cc1C=NNC(=O)CC(=O)Nc1ccc(C)cc1. The van der Waals surface area contributed by atoms with E-state index in [1.54, 1.807) is 30.3 Å². The Hall–Kier alpha value is -2.86. The minimum Gasteiger partial charge on any atom is -0.493 e. The number of halogens is 1. The summed E-state index contributed by atoms with van der Waals surface area (Å²) < 4.78 is 5.61. The summed E-state index contributed by atoms with van der Waals surface area (Å²) in [7, 11) is 0. The maximum Gasteiger partial charge on any atom is 0.249 e. The van der Waals surface area contributed by atoms with E-state index >= 15 is 0 Å². The molecule has 0 fully saturated rings. The Kier molecular flexibility index (Phi) is 7.82. The summed E-state index contributed by atoms with van der Waals surface area (Å²) in [6.07, 6.45) is 1.97. The van der Waals surface area contributed by atoms with Gasteiger partial charge < -0.3 is 10.1 Å². The molecule has 7 heteroatoms. The molecule has 0 spiro atoms. The van der Waals surface area contributed by atoms with Crippen LogP contribution < -0.4 is 15.5 Å². The molecule has 0 aromatic heterocycles. The first-order valence-corrected chi connectivity index (χ1v) is 8.96. The van der Waals surface area contributed by atoms with Gasteiger partial charge in [0.25, 0.3) is 0 Å². The Morgan fingerprint density at radius 2 is 1.89 bits per heavy atom. The highest BCUT2D eigenvalue weighted by atomic mass is 35.5. The monoisotopic (exact) mass is 387 g/mol. The minimum absolute atomic E-state index is 0.333. The Labute approximate surface area is 163 Å². The normalized spacial score (nSPS) is 10.6. The topological polar surface area (TPSA) is 79.8 Å². The van der Waals surface area contributed by atoms with Crippen molar-refractivity contribution in [2.24, 2.45) is 5.10 Å². The zero-order chi connectivity index (χ0) is 19.6. The number of hydrogen-bond donors (Lipinski definition) is 2. The van der Waals surface area contributed by atoms with Crippen molar-refractivity contribution in [1.82, 2.24) is 5.43 Å². The molecular formula is C20H22ClN3O3. The highest BCUT2D eigenvalue weighted by Gasteiger charge is 2.09. The molecule has 0 radical (unpaired) electrons. The van der Waals surface area contributed by atoms with E-state index in [0.717, 1.165) is 12.0 Å². The highest BCUT2D eigenvalue weighted by Crippen LogP contribution is 2.21. The zero-order valence-electron chi connectivity index (χ0n) is 15.3. The molecule has 0 unspecified atom stereocenters. The number of nitrogens with one attached hydrogen (secondary N) is 2. The van der Waals surface area contributed by atoms with Crippen LogP contribution in [0.15, 0.2) is 47.6 Å². The molecule has 2 aromatic carbocycles. The van der Waals surface area contributed by atoms with Gasteiger partial charge >= 0.3 is 0 Å². The van der Waals surface area contributed by atoms with Crippen LogP contribution >= 0.6 is 11.6 Å². The molecule has 0 saturated heterocycles. The second-order valence-corrected chi connectivity index (χ2v) is 6.35. The summed E-state index contributed by atoms with van der Waals surface area (Å²) in [4.78, 5) is 23.8. The number of hydrazone groups is 1. The Morgan fingerprint density at radius 1 is 1.15 bits per heavy atom. The van der Waals surface area contributed by atoms with Crippen LogP contribution in [0.25, 0.3) is 0 Å². The average Bonchev–Trinajstić information content (AvgIpc) is 2.63. The van der Waals surface area contributed by atoms with E-state index in [-0.39, 0.29) is 6.42 Å². The van der Waals surface area contributed by atoms with Crippen LogP contribution in [0.3, 0.4) is 0 Å². The molecule has 0 saturated carbocycles. The van der Waals surface area contributed by atoms with Crippen LogP contribution in [-0.4, -0.2) is 24.6 Å². The summed E-state index contributed by atoms with van der Waals surface area (Å²) in [6, 6.07) is 12.5. The minimum atomic E-state index is -0.520. The van der Waals surface area contributed by atoms with E-state index in [0.29, 0.717) is 28.6 Å². The fourth-order valence-corrected chi connectivity index (χ4v) is 2.35. The van der Waals surface area contributed by atoms with Gasteiger partial charge in [0.15, 0.2) is 0 Å². The van der Waals surface area contributed by atoms with Gasteiger partial charge in [0, 0.05) is 16.3 Å². The number of amides is 2. The number of nitrogens with zero attached hydrogens (tertiary/aromatic N) is 1. The smallest absolute Gasteiger partial charge is 0.249 e. The quantitative estimate of drug-likeness (QED) is 0.409. The molecule has 27 heavy (non-hydrogen) atoms.